The van der Waals surface area contributed by atoms with Gasteiger partial charge < -0.3 is 5.11 Å². The molecule has 0 fully saturated rings. The van der Waals surface area contributed by atoms with Crippen molar-refractivity contribution in [2.45, 2.75) is 26.8 Å². The lowest BCUT2D eigenvalue weighted by molar-refractivity contribution is 0.222. The average Bonchev–Trinajstić information content (AvgIpc) is 2.50. The molecule has 5 heteroatoms. The van der Waals surface area contributed by atoms with Crippen LogP contribution >= 0.6 is 11.6 Å². The summed E-state index contributed by atoms with van der Waals surface area (Å²) in [6.45, 7) is 6.86. The molecule has 0 saturated carbocycles. The van der Waals surface area contributed by atoms with Crippen molar-refractivity contribution in [3.05, 3.63) is 16.4 Å². The van der Waals surface area contributed by atoms with Crippen LogP contribution in [0.4, 0.5) is 0 Å². The molecule has 1 heterocycles. The quantitative estimate of drug-likeness (QED) is 0.828. The van der Waals surface area contributed by atoms with Gasteiger partial charge in [-0.25, -0.2) is 0 Å². The van der Waals surface area contributed by atoms with Gasteiger partial charge in [0, 0.05) is 26.7 Å². The van der Waals surface area contributed by atoms with Gasteiger partial charge in [-0.3, -0.25) is 9.58 Å². The molecule has 1 aromatic rings. The van der Waals surface area contributed by atoms with Gasteiger partial charge in [0.15, 0.2) is 0 Å². The van der Waals surface area contributed by atoms with Crippen molar-refractivity contribution in [2.75, 3.05) is 19.7 Å². The van der Waals surface area contributed by atoms with Crippen LogP contribution in [0.2, 0.25) is 5.02 Å². The first-order chi connectivity index (χ1) is 7.60. The summed E-state index contributed by atoms with van der Waals surface area (Å²) in [5, 5.41) is 13.9. The summed E-state index contributed by atoms with van der Waals surface area (Å²) >= 11 is 6.19. The highest BCUT2D eigenvalue weighted by Gasteiger charge is 2.13. The van der Waals surface area contributed by atoms with Gasteiger partial charge in [-0.05, 0) is 19.9 Å². The van der Waals surface area contributed by atoms with Gasteiger partial charge in [0.2, 0.25) is 0 Å². The third-order valence-electron chi connectivity index (χ3n) is 2.71. The molecule has 1 N–H and O–H groups in total. The number of aliphatic hydroxyl groups is 1. The van der Waals surface area contributed by atoms with Crippen molar-refractivity contribution in [3.8, 4) is 0 Å². The van der Waals surface area contributed by atoms with E-state index in [1.807, 2.05) is 18.7 Å². The van der Waals surface area contributed by atoms with Gasteiger partial charge in [0.25, 0.3) is 0 Å². The number of aromatic nitrogens is 2. The molecule has 1 rings (SSSR count). The van der Waals surface area contributed by atoms with Crippen LogP contribution in [0.1, 0.15) is 24.7 Å². The molecule has 0 aliphatic heterocycles. The monoisotopic (exact) mass is 245 g/mol. The molecule has 0 bridgehead atoms. The van der Waals surface area contributed by atoms with Crippen LogP contribution in [0.3, 0.4) is 0 Å². The van der Waals surface area contributed by atoms with E-state index >= 15 is 0 Å². The number of aliphatic hydroxyl groups excluding tert-OH is 1. The lowest BCUT2D eigenvalue weighted by Crippen LogP contribution is -2.26. The third kappa shape index (κ3) is 3.20. The Bertz CT molecular complexity index is 338. The predicted molar refractivity (Wildman–Crippen MR) is 65.6 cm³/mol. The number of nitrogens with zero attached hydrogens (tertiary/aromatic N) is 3. The average molecular weight is 246 g/mol. The molecule has 1 aromatic heterocycles. The van der Waals surface area contributed by atoms with Gasteiger partial charge >= 0.3 is 0 Å². The molecule has 4 nitrogen and oxygen atoms in total. The highest BCUT2D eigenvalue weighted by Crippen LogP contribution is 2.20. The Hall–Kier alpha value is -0.580. The Morgan fingerprint density at radius 2 is 2.19 bits per heavy atom. The van der Waals surface area contributed by atoms with Crippen LogP contribution < -0.4 is 0 Å². The van der Waals surface area contributed by atoms with Gasteiger partial charge in [-0.15, -0.1) is 0 Å². The summed E-state index contributed by atoms with van der Waals surface area (Å²) in [5.41, 5.74) is 1.91. The van der Waals surface area contributed by atoms with Crippen molar-refractivity contribution >= 4 is 11.6 Å². The van der Waals surface area contributed by atoms with Crippen molar-refractivity contribution in [1.82, 2.24) is 14.7 Å². The molecular formula is C11H20ClN3O. The summed E-state index contributed by atoms with van der Waals surface area (Å²) in [6, 6.07) is 0. The van der Waals surface area contributed by atoms with Crippen molar-refractivity contribution in [2.24, 2.45) is 7.05 Å². The fraction of sp³-hybridized carbons (Fsp3) is 0.727. The Morgan fingerprint density at radius 1 is 1.50 bits per heavy atom. The summed E-state index contributed by atoms with van der Waals surface area (Å²) in [5.74, 6) is 0. The Labute approximate surface area is 102 Å². The van der Waals surface area contributed by atoms with Crippen molar-refractivity contribution in [3.63, 3.8) is 0 Å². The molecule has 0 aromatic carbocycles. The van der Waals surface area contributed by atoms with Crippen LogP contribution in [-0.4, -0.2) is 39.5 Å². The molecule has 0 atom stereocenters. The van der Waals surface area contributed by atoms with Crippen LogP contribution in [-0.2, 0) is 13.6 Å². The number of halogens is 1. The van der Waals surface area contributed by atoms with E-state index < -0.39 is 0 Å². The summed E-state index contributed by atoms with van der Waals surface area (Å²) in [7, 11) is 1.91. The van der Waals surface area contributed by atoms with E-state index in [0.29, 0.717) is 0 Å². The summed E-state index contributed by atoms with van der Waals surface area (Å²) < 4.78 is 1.83. The molecule has 0 spiro atoms. The van der Waals surface area contributed by atoms with Gasteiger partial charge in [0.05, 0.1) is 16.4 Å². The topological polar surface area (TPSA) is 41.3 Å². The first-order valence-corrected chi connectivity index (χ1v) is 5.99. The maximum Gasteiger partial charge on any atom is 0.0860 e. The largest absolute Gasteiger partial charge is 0.396 e. The number of hydrogen-bond donors (Lipinski definition) is 1. The normalized spacial score (nSPS) is 11.4. The van der Waals surface area contributed by atoms with Crippen LogP contribution in [0.25, 0.3) is 0 Å². The highest BCUT2D eigenvalue weighted by molar-refractivity contribution is 6.31. The van der Waals surface area contributed by atoms with Crippen molar-refractivity contribution in [1.29, 1.82) is 0 Å². The Balaban J connectivity index is 2.69. The zero-order valence-electron chi connectivity index (χ0n) is 10.2. The zero-order chi connectivity index (χ0) is 12.1. The Morgan fingerprint density at radius 3 is 2.62 bits per heavy atom. The molecular weight excluding hydrogens is 226 g/mol. The van der Waals surface area contributed by atoms with E-state index in [-0.39, 0.29) is 6.61 Å². The minimum Gasteiger partial charge on any atom is -0.396 e. The first-order valence-electron chi connectivity index (χ1n) is 5.61. The minimum atomic E-state index is 0.231. The number of rotatable bonds is 6. The molecule has 0 saturated heterocycles. The van der Waals surface area contributed by atoms with E-state index in [4.69, 9.17) is 16.7 Å². The maximum atomic E-state index is 8.82. The predicted octanol–water partition coefficient (Wildman–Crippen LogP) is 1.59. The molecule has 0 radical (unpaired) electrons. The zero-order valence-corrected chi connectivity index (χ0v) is 11.0. The van der Waals surface area contributed by atoms with Crippen LogP contribution in [0, 0.1) is 6.92 Å². The van der Waals surface area contributed by atoms with E-state index in [2.05, 4.69) is 16.9 Å². The molecule has 16 heavy (non-hydrogen) atoms. The van der Waals surface area contributed by atoms with E-state index in [1.165, 1.54) is 0 Å². The number of aryl methyl sites for hydroxylation is 2. The van der Waals surface area contributed by atoms with E-state index in [1.54, 1.807) is 0 Å². The van der Waals surface area contributed by atoms with E-state index in [9.17, 15) is 0 Å². The summed E-state index contributed by atoms with van der Waals surface area (Å²) in [6.07, 6.45) is 0.794. The second kappa shape index (κ2) is 6.23. The molecule has 0 aliphatic rings. The lowest BCUT2D eigenvalue weighted by Gasteiger charge is -2.20. The molecule has 0 aliphatic carbocycles. The Kier molecular flexibility index (Phi) is 5.25. The second-order valence-electron chi connectivity index (χ2n) is 3.92. The third-order valence-corrected chi connectivity index (χ3v) is 3.21. The van der Waals surface area contributed by atoms with Gasteiger partial charge in [0.1, 0.15) is 0 Å². The van der Waals surface area contributed by atoms with E-state index in [0.717, 1.165) is 42.5 Å². The smallest absolute Gasteiger partial charge is 0.0860 e. The summed E-state index contributed by atoms with van der Waals surface area (Å²) in [4.78, 5) is 2.25. The van der Waals surface area contributed by atoms with Crippen LogP contribution in [0.15, 0.2) is 0 Å². The fourth-order valence-corrected chi connectivity index (χ4v) is 1.93. The first kappa shape index (κ1) is 13.5. The van der Waals surface area contributed by atoms with Gasteiger partial charge in [-0.2, -0.15) is 5.10 Å². The molecule has 0 amide bonds. The number of hydrogen-bond acceptors (Lipinski definition) is 3. The van der Waals surface area contributed by atoms with Gasteiger partial charge in [-0.1, -0.05) is 18.5 Å². The fourth-order valence-electron chi connectivity index (χ4n) is 1.71. The SMILES string of the molecule is CCN(CCCO)Cc1c(Cl)c(C)nn1C. The second-order valence-corrected chi connectivity index (χ2v) is 4.29. The molecule has 92 valence electrons. The standard InChI is InChI=1S/C11H20ClN3O/c1-4-15(6-5-7-16)8-10-11(12)9(2)13-14(10)3/h16H,4-8H2,1-3H3. The lowest BCUT2D eigenvalue weighted by atomic mass is 10.3. The molecule has 0 unspecified atom stereocenters. The minimum absolute atomic E-state index is 0.231. The van der Waals surface area contributed by atoms with Crippen molar-refractivity contribution < 1.29 is 5.11 Å². The maximum absolute atomic E-state index is 8.82. The van der Waals surface area contributed by atoms with Crippen LogP contribution in [0.5, 0.6) is 0 Å². The highest BCUT2D eigenvalue weighted by atomic mass is 35.5.